The third-order valence-corrected chi connectivity index (χ3v) is 2.98. The van der Waals surface area contributed by atoms with Crippen molar-refractivity contribution in [3.63, 3.8) is 0 Å². The maximum atomic E-state index is 6.24. The molecule has 0 saturated carbocycles. The molecule has 0 heterocycles. The minimum Gasteiger partial charge on any atom is -0.387 e. The van der Waals surface area contributed by atoms with Gasteiger partial charge in [-0.2, -0.15) is 0 Å². The van der Waals surface area contributed by atoms with E-state index in [0.717, 1.165) is 7.41 Å². The molecular formula is C12H32B3N3. The first-order valence-electron chi connectivity index (χ1n) is 6.98. The van der Waals surface area contributed by atoms with Gasteiger partial charge in [0, 0.05) is 0 Å². The normalized spacial score (nSPS) is 13.4. The van der Waals surface area contributed by atoms with Gasteiger partial charge in [-0.25, -0.2) is 0 Å². The lowest BCUT2D eigenvalue weighted by Crippen LogP contribution is -2.65. The van der Waals surface area contributed by atoms with E-state index >= 15 is 0 Å². The Morgan fingerprint density at radius 2 is 1.28 bits per heavy atom. The second-order valence-electron chi connectivity index (χ2n) is 8.75. The molecule has 0 aliphatic rings. The van der Waals surface area contributed by atoms with E-state index in [1.165, 1.54) is 0 Å². The van der Waals surface area contributed by atoms with E-state index in [0.29, 0.717) is 0 Å². The second kappa shape index (κ2) is 6.02. The molecule has 0 spiro atoms. The summed E-state index contributed by atoms with van der Waals surface area (Å²) in [5.74, 6) is 0. The molecule has 0 fully saturated rings. The molecule has 0 saturated heterocycles. The topological polar surface area (TPSA) is 50.1 Å². The highest BCUT2D eigenvalue weighted by atomic mass is 14.9. The number of nitrogens with one attached hydrogen (secondary N) is 2. The van der Waals surface area contributed by atoms with Gasteiger partial charge in [0.2, 0.25) is 0 Å². The van der Waals surface area contributed by atoms with Crippen LogP contribution in [0.5, 0.6) is 0 Å². The van der Waals surface area contributed by atoms with Crippen LogP contribution in [0.2, 0.25) is 15.9 Å². The predicted molar refractivity (Wildman–Crippen MR) is 88.3 cm³/mol. The summed E-state index contributed by atoms with van der Waals surface area (Å²) in [6.07, 6.45) is 0. The molecule has 0 radical (unpaired) electrons. The monoisotopic (exact) mass is 251 g/mol. The molecule has 6 heteroatoms. The van der Waals surface area contributed by atoms with Crippen molar-refractivity contribution in [1.82, 2.24) is 10.3 Å². The van der Waals surface area contributed by atoms with E-state index in [9.17, 15) is 0 Å². The van der Waals surface area contributed by atoms with E-state index in [1.807, 2.05) is 0 Å². The van der Waals surface area contributed by atoms with Crippen LogP contribution in [0.4, 0.5) is 0 Å². The van der Waals surface area contributed by atoms with Gasteiger partial charge in [0.1, 0.15) is 0 Å². The lowest BCUT2D eigenvalue weighted by molar-refractivity contribution is 0.692. The largest absolute Gasteiger partial charge is 0.387 e. The Hall–Kier alpha value is 0.0748. The highest BCUT2D eigenvalue weighted by molar-refractivity contribution is 6.77. The molecule has 0 atom stereocenters. The first-order valence-corrected chi connectivity index (χ1v) is 6.98. The number of nitrogens with two attached hydrogens (primary N) is 1. The smallest absolute Gasteiger partial charge is 0.297 e. The molecule has 0 aliphatic heterocycles. The highest BCUT2D eigenvalue weighted by Crippen LogP contribution is 2.28. The molecule has 4 N–H and O–H groups in total. The first-order chi connectivity index (χ1) is 7.73. The van der Waals surface area contributed by atoms with Crippen molar-refractivity contribution in [2.24, 2.45) is 5.64 Å². The number of hydrogen-bond donors (Lipinski definition) is 3. The SMILES string of the molecule is CC(C)(C)BNB(NB(N)C(C)(C)C)C(C)(C)C. The van der Waals surface area contributed by atoms with Crippen molar-refractivity contribution < 1.29 is 0 Å². The van der Waals surface area contributed by atoms with Gasteiger partial charge in [-0.15, -0.1) is 0 Å². The van der Waals surface area contributed by atoms with Crippen LogP contribution in [-0.2, 0) is 0 Å². The fourth-order valence-corrected chi connectivity index (χ4v) is 1.45. The van der Waals surface area contributed by atoms with Crippen LogP contribution in [0.1, 0.15) is 62.3 Å². The fraction of sp³-hybridized carbons (Fsp3) is 1.00. The quantitative estimate of drug-likeness (QED) is 0.671. The van der Waals surface area contributed by atoms with Gasteiger partial charge in [-0.1, -0.05) is 62.3 Å². The van der Waals surface area contributed by atoms with Crippen LogP contribution in [0, 0.1) is 0 Å². The van der Waals surface area contributed by atoms with Crippen molar-refractivity contribution in [3.05, 3.63) is 0 Å². The van der Waals surface area contributed by atoms with Gasteiger partial charge >= 0.3 is 0 Å². The summed E-state index contributed by atoms with van der Waals surface area (Å²) >= 11 is 0. The summed E-state index contributed by atoms with van der Waals surface area (Å²) in [5.41, 5.74) is 6.24. The summed E-state index contributed by atoms with van der Waals surface area (Å²) in [6.45, 7) is 20.1. The van der Waals surface area contributed by atoms with Crippen LogP contribution in [0.3, 0.4) is 0 Å². The molecule has 0 amide bonds. The zero-order valence-electron chi connectivity index (χ0n) is 13.9. The van der Waals surface area contributed by atoms with Crippen LogP contribution < -0.4 is 15.9 Å². The Balaban J connectivity index is 4.63. The lowest BCUT2D eigenvalue weighted by Gasteiger charge is -2.35. The number of rotatable bonds is 4. The summed E-state index contributed by atoms with van der Waals surface area (Å²) in [7, 11) is 0.971. The lowest BCUT2D eigenvalue weighted by atomic mass is 9.41. The Labute approximate surface area is 116 Å². The van der Waals surface area contributed by atoms with Gasteiger partial charge in [-0.3, -0.25) is 0 Å². The summed E-state index contributed by atoms with van der Waals surface area (Å²) in [5, 5.41) is 7.62. The third-order valence-electron chi connectivity index (χ3n) is 2.98. The van der Waals surface area contributed by atoms with E-state index in [2.05, 4.69) is 72.6 Å². The van der Waals surface area contributed by atoms with Gasteiger partial charge in [0.25, 0.3) is 14.0 Å². The fourth-order valence-electron chi connectivity index (χ4n) is 1.45. The Kier molecular flexibility index (Phi) is 6.04. The van der Waals surface area contributed by atoms with Crippen LogP contribution in [0.25, 0.3) is 0 Å². The molecule has 0 aromatic rings. The Bertz CT molecular complexity index is 251. The van der Waals surface area contributed by atoms with Crippen LogP contribution >= 0.6 is 0 Å². The number of hydrogen-bond acceptors (Lipinski definition) is 3. The van der Waals surface area contributed by atoms with E-state index in [4.69, 9.17) is 5.64 Å². The zero-order chi connectivity index (χ0) is 14.8. The van der Waals surface area contributed by atoms with Crippen molar-refractivity contribution >= 4 is 21.4 Å². The molecule has 0 unspecified atom stereocenters. The highest BCUT2D eigenvalue weighted by Gasteiger charge is 2.36. The maximum absolute atomic E-state index is 6.24. The van der Waals surface area contributed by atoms with E-state index in [1.54, 1.807) is 0 Å². The Morgan fingerprint density at radius 3 is 1.56 bits per heavy atom. The maximum Gasteiger partial charge on any atom is 0.297 e. The third kappa shape index (κ3) is 7.50. The zero-order valence-corrected chi connectivity index (χ0v) is 13.9. The molecule has 0 rings (SSSR count). The second-order valence-corrected chi connectivity index (χ2v) is 8.75. The predicted octanol–water partition coefficient (Wildman–Crippen LogP) is 2.27. The van der Waals surface area contributed by atoms with Crippen molar-refractivity contribution in [2.75, 3.05) is 0 Å². The summed E-state index contributed by atoms with van der Waals surface area (Å²) < 4.78 is 0. The van der Waals surface area contributed by atoms with Gasteiger partial charge < -0.3 is 15.9 Å². The van der Waals surface area contributed by atoms with Gasteiger partial charge in [0.15, 0.2) is 7.41 Å². The molecule has 0 aliphatic carbocycles. The standard InChI is InChI=1S/C12H32B3N3/c1-10(2,3)13-17-15(12(7,8)9)18-14(16)11(4,5)6/h13,17-18H,16H2,1-9H3. The summed E-state index contributed by atoms with van der Waals surface area (Å²) in [6, 6.07) is 0. The summed E-state index contributed by atoms with van der Waals surface area (Å²) in [4.78, 5) is 0. The first kappa shape index (κ1) is 18.1. The van der Waals surface area contributed by atoms with E-state index < -0.39 is 0 Å². The van der Waals surface area contributed by atoms with Crippen molar-refractivity contribution in [1.29, 1.82) is 0 Å². The van der Waals surface area contributed by atoms with Gasteiger partial charge in [0.05, 0.1) is 0 Å². The average Bonchev–Trinajstić information content (AvgIpc) is 2.06. The van der Waals surface area contributed by atoms with Crippen LogP contribution in [-0.4, -0.2) is 21.4 Å². The molecule has 0 aromatic heterocycles. The average molecular weight is 251 g/mol. The Morgan fingerprint density at radius 1 is 0.833 bits per heavy atom. The van der Waals surface area contributed by atoms with Crippen molar-refractivity contribution in [3.8, 4) is 0 Å². The molecule has 0 aromatic carbocycles. The molecule has 104 valence electrons. The molecule has 3 nitrogen and oxygen atoms in total. The van der Waals surface area contributed by atoms with Crippen molar-refractivity contribution in [2.45, 2.75) is 78.3 Å². The minimum absolute atomic E-state index is 0.0193. The van der Waals surface area contributed by atoms with Gasteiger partial charge in [-0.05, 0) is 15.9 Å². The molecular weight excluding hydrogens is 219 g/mol. The molecule has 18 heavy (non-hydrogen) atoms. The molecule has 0 bridgehead atoms. The van der Waals surface area contributed by atoms with E-state index in [-0.39, 0.29) is 29.9 Å². The van der Waals surface area contributed by atoms with Crippen LogP contribution in [0.15, 0.2) is 0 Å². The minimum atomic E-state index is -0.0193.